The second kappa shape index (κ2) is 19.3. The van der Waals surface area contributed by atoms with E-state index in [1.807, 2.05) is 6.08 Å². The number of carbonyl (C=O) groups excluding carboxylic acids is 1. The molecule has 3 atom stereocenters. The topological polar surface area (TPSA) is 65.0 Å². The summed E-state index contributed by atoms with van der Waals surface area (Å²) in [5, 5.41) is 9.55. The molecule has 0 saturated heterocycles. The Labute approximate surface area is 196 Å². The monoisotopic (exact) mass is 452 g/mol. The zero-order valence-corrected chi connectivity index (χ0v) is 20.9. The number of ether oxygens (including phenoxy) is 3. The highest BCUT2D eigenvalue weighted by Crippen LogP contribution is 2.25. The molecule has 0 aliphatic heterocycles. The molecule has 32 heavy (non-hydrogen) atoms. The van der Waals surface area contributed by atoms with Crippen molar-refractivity contribution in [1.82, 2.24) is 0 Å². The molecule has 5 heteroatoms. The molecule has 0 radical (unpaired) electrons. The minimum Gasteiger partial charge on any atom is -0.458 e. The van der Waals surface area contributed by atoms with E-state index in [2.05, 4.69) is 13.0 Å². The molecule has 0 bridgehead atoms. The van der Waals surface area contributed by atoms with Crippen LogP contribution in [0.4, 0.5) is 0 Å². The van der Waals surface area contributed by atoms with Crippen molar-refractivity contribution >= 4 is 5.97 Å². The Bertz CT molecular complexity index is 528. The minimum atomic E-state index is -0.384. The standard InChI is InChI=1S/C27H48O5/c1-4-5-6-7-8-9-10-11-12-13-14-15-16-17-18-19-26(29)32-24-20-23(22-28)27(31-3)25(21-24)30-2/h17-18,20,24-25,27-28H,4-16,19,21-22H2,1-3H3/b18-17+/t24-,25-,27-/m1/s1. The summed E-state index contributed by atoms with van der Waals surface area (Å²) in [5.41, 5.74) is 0.700. The molecule has 1 aliphatic carbocycles. The summed E-state index contributed by atoms with van der Waals surface area (Å²) in [6.45, 7) is 2.13. The maximum absolute atomic E-state index is 12.1. The van der Waals surface area contributed by atoms with Gasteiger partial charge in [0.15, 0.2) is 0 Å². The number of rotatable bonds is 19. The molecule has 186 valence electrons. The van der Waals surface area contributed by atoms with Gasteiger partial charge < -0.3 is 19.3 Å². The van der Waals surface area contributed by atoms with E-state index >= 15 is 0 Å². The molecule has 1 N–H and O–H groups in total. The lowest BCUT2D eigenvalue weighted by atomic mass is 9.92. The van der Waals surface area contributed by atoms with E-state index in [0.29, 0.717) is 12.0 Å². The molecule has 0 spiro atoms. The van der Waals surface area contributed by atoms with Gasteiger partial charge in [-0.25, -0.2) is 0 Å². The Morgan fingerprint density at radius 3 is 2.06 bits per heavy atom. The van der Waals surface area contributed by atoms with Gasteiger partial charge >= 0.3 is 5.97 Å². The molecule has 0 aromatic rings. The summed E-state index contributed by atoms with van der Waals surface area (Å²) in [6, 6.07) is 0. The van der Waals surface area contributed by atoms with Crippen LogP contribution in [-0.4, -0.2) is 50.2 Å². The van der Waals surface area contributed by atoms with Crippen LogP contribution < -0.4 is 0 Å². The second-order valence-corrected chi connectivity index (χ2v) is 8.95. The SMILES string of the molecule is CCCCCCCCCCCCCC/C=C/CC(=O)O[C@@H]1C=C(CO)[C@@H](OC)[C@H](OC)C1. The first-order chi connectivity index (χ1) is 15.7. The van der Waals surface area contributed by atoms with Crippen molar-refractivity contribution in [2.24, 2.45) is 0 Å². The van der Waals surface area contributed by atoms with Gasteiger partial charge in [-0.05, 0) is 24.5 Å². The zero-order valence-electron chi connectivity index (χ0n) is 20.9. The first-order valence-corrected chi connectivity index (χ1v) is 12.9. The molecule has 0 saturated carbocycles. The molecular weight excluding hydrogens is 404 g/mol. The van der Waals surface area contributed by atoms with E-state index in [1.165, 1.54) is 77.0 Å². The molecule has 0 fully saturated rings. The fourth-order valence-electron chi connectivity index (χ4n) is 4.36. The summed E-state index contributed by atoms with van der Waals surface area (Å²) < 4.78 is 16.4. The van der Waals surface area contributed by atoms with E-state index < -0.39 is 0 Å². The van der Waals surface area contributed by atoms with E-state index in [1.54, 1.807) is 20.3 Å². The van der Waals surface area contributed by atoms with Crippen LogP contribution in [0.2, 0.25) is 0 Å². The van der Waals surface area contributed by atoms with E-state index in [0.717, 1.165) is 6.42 Å². The summed E-state index contributed by atoms with van der Waals surface area (Å²) in [6.07, 6.45) is 22.9. The summed E-state index contributed by atoms with van der Waals surface area (Å²) in [7, 11) is 3.20. The maximum Gasteiger partial charge on any atom is 0.310 e. The van der Waals surface area contributed by atoms with Crippen LogP contribution in [0.1, 0.15) is 103 Å². The van der Waals surface area contributed by atoms with Crippen LogP contribution in [0.3, 0.4) is 0 Å². The van der Waals surface area contributed by atoms with Crippen LogP contribution in [0, 0.1) is 0 Å². The minimum absolute atomic E-state index is 0.134. The predicted octanol–water partition coefficient (Wildman–Crippen LogP) is 6.29. The average Bonchev–Trinajstić information content (AvgIpc) is 2.80. The molecule has 0 aromatic heterocycles. The predicted molar refractivity (Wildman–Crippen MR) is 131 cm³/mol. The number of esters is 1. The highest BCUT2D eigenvalue weighted by atomic mass is 16.6. The highest BCUT2D eigenvalue weighted by Gasteiger charge is 2.33. The fourth-order valence-corrected chi connectivity index (χ4v) is 4.36. The third-order valence-electron chi connectivity index (χ3n) is 6.27. The van der Waals surface area contributed by atoms with Gasteiger partial charge in [-0.3, -0.25) is 4.79 Å². The molecule has 0 heterocycles. The van der Waals surface area contributed by atoms with Crippen molar-refractivity contribution in [3.05, 3.63) is 23.8 Å². The van der Waals surface area contributed by atoms with Crippen LogP contribution in [-0.2, 0) is 19.0 Å². The fraction of sp³-hybridized carbons (Fsp3) is 0.815. The van der Waals surface area contributed by atoms with Crippen LogP contribution in [0.5, 0.6) is 0 Å². The third kappa shape index (κ3) is 12.8. The molecule has 1 aliphatic rings. The smallest absolute Gasteiger partial charge is 0.310 e. The number of hydrogen-bond donors (Lipinski definition) is 1. The third-order valence-corrected chi connectivity index (χ3v) is 6.27. The van der Waals surface area contributed by atoms with Crippen molar-refractivity contribution in [1.29, 1.82) is 0 Å². The lowest BCUT2D eigenvalue weighted by molar-refractivity contribution is -0.149. The number of hydrogen-bond acceptors (Lipinski definition) is 5. The first kappa shape index (κ1) is 28.9. The number of allylic oxidation sites excluding steroid dienone is 1. The quantitative estimate of drug-likeness (QED) is 0.142. The Hall–Kier alpha value is -1.17. The normalized spacial score (nSPS) is 21.1. The van der Waals surface area contributed by atoms with Gasteiger partial charge in [-0.2, -0.15) is 0 Å². The number of methoxy groups -OCH3 is 2. The van der Waals surface area contributed by atoms with Crippen molar-refractivity contribution in [2.45, 2.75) is 122 Å². The Morgan fingerprint density at radius 2 is 1.53 bits per heavy atom. The maximum atomic E-state index is 12.1. The van der Waals surface area contributed by atoms with E-state index in [4.69, 9.17) is 14.2 Å². The average molecular weight is 453 g/mol. The molecule has 5 nitrogen and oxygen atoms in total. The molecule has 0 unspecified atom stereocenters. The lowest BCUT2D eigenvalue weighted by Gasteiger charge is -2.33. The highest BCUT2D eigenvalue weighted by molar-refractivity contribution is 5.71. The number of aliphatic hydroxyl groups excluding tert-OH is 1. The first-order valence-electron chi connectivity index (χ1n) is 12.9. The van der Waals surface area contributed by atoms with Crippen LogP contribution in [0.25, 0.3) is 0 Å². The molecule has 1 rings (SSSR count). The van der Waals surface area contributed by atoms with E-state index in [-0.39, 0.29) is 37.3 Å². The lowest BCUT2D eigenvalue weighted by Crippen LogP contribution is -2.40. The van der Waals surface area contributed by atoms with Gasteiger partial charge in [0.05, 0.1) is 19.1 Å². The van der Waals surface area contributed by atoms with Crippen LogP contribution in [0.15, 0.2) is 23.8 Å². The number of aliphatic hydroxyl groups is 1. The molecule has 0 amide bonds. The Morgan fingerprint density at radius 1 is 0.938 bits per heavy atom. The summed E-state index contributed by atoms with van der Waals surface area (Å²) in [4.78, 5) is 12.1. The van der Waals surface area contributed by atoms with Crippen molar-refractivity contribution < 1.29 is 24.1 Å². The summed E-state index contributed by atoms with van der Waals surface area (Å²) >= 11 is 0. The van der Waals surface area contributed by atoms with Crippen molar-refractivity contribution in [3.8, 4) is 0 Å². The zero-order chi connectivity index (χ0) is 23.4. The van der Waals surface area contributed by atoms with Crippen LogP contribution >= 0.6 is 0 Å². The molecular formula is C27H48O5. The van der Waals surface area contributed by atoms with Gasteiger partial charge in [-0.1, -0.05) is 89.7 Å². The van der Waals surface area contributed by atoms with Crippen molar-refractivity contribution in [3.63, 3.8) is 0 Å². The largest absolute Gasteiger partial charge is 0.458 e. The number of unbranched alkanes of at least 4 members (excludes halogenated alkanes) is 12. The van der Waals surface area contributed by atoms with E-state index in [9.17, 15) is 9.90 Å². The van der Waals surface area contributed by atoms with Gasteiger partial charge in [0.1, 0.15) is 12.2 Å². The molecule has 0 aromatic carbocycles. The van der Waals surface area contributed by atoms with Crippen molar-refractivity contribution in [2.75, 3.05) is 20.8 Å². The van der Waals surface area contributed by atoms with Gasteiger partial charge in [0.2, 0.25) is 0 Å². The Balaban J connectivity index is 2.06. The summed E-state index contributed by atoms with van der Waals surface area (Å²) in [5.74, 6) is -0.250. The van der Waals surface area contributed by atoms with Gasteiger partial charge in [0.25, 0.3) is 0 Å². The number of carbonyl (C=O) groups is 1. The second-order valence-electron chi connectivity index (χ2n) is 8.95. The van der Waals surface area contributed by atoms with Gasteiger partial charge in [-0.15, -0.1) is 0 Å². The Kier molecular flexibility index (Phi) is 17.4. The van der Waals surface area contributed by atoms with Gasteiger partial charge in [0, 0.05) is 20.6 Å².